The van der Waals surface area contributed by atoms with Crippen LogP contribution < -0.4 is 5.32 Å². The Morgan fingerprint density at radius 3 is 2.18 bits per heavy atom. The van der Waals surface area contributed by atoms with Crippen molar-refractivity contribution >= 4 is 33.2 Å². The van der Waals surface area contributed by atoms with Gasteiger partial charge in [0.25, 0.3) is 0 Å². The van der Waals surface area contributed by atoms with E-state index in [4.69, 9.17) is 0 Å². The molecule has 2 aromatic carbocycles. The fourth-order valence-electron chi connectivity index (χ4n) is 2.48. The van der Waals surface area contributed by atoms with E-state index in [-0.39, 0.29) is 21.7 Å². The third-order valence-electron chi connectivity index (χ3n) is 3.93. The number of allylic oxidation sites excluding steroid dienone is 2. The summed E-state index contributed by atoms with van der Waals surface area (Å²) in [7, 11) is 0. The number of carbonyl (C=O) groups is 2. The number of ketones is 2. The minimum atomic E-state index is -0.178. The zero-order valence-corrected chi connectivity index (χ0v) is 13.8. The van der Waals surface area contributed by atoms with E-state index in [1.807, 2.05) is 32.0 Å². The molecule has 0 saturated carbocycles. The van der Waals surface area contributed by atoms with Crippen LogP contribution in [0.5, 0.6) is 0 Å². The molecule has 1 aliphatic rings. The van der Waals surface area contributed by atoms with Crippen molar-refractivity contribution in [1.82, 2.24) is 0 Å². The number of halogens is 1. The maximum Gasteiger partial charge on any atom is 0.211 e. The van der Waals surface area contributed by atoms with Gasteiger partial charge in [-0.2, -0.15) is 0 Å². The van der Waals surface area contributed by atoms with Gasteiger partial charge < -0.3 is 5.32 Å². The van der Waals surface area contributed by atoms with Gasteiger partial charge in [0.15, 0.2) is 0 Å². The third-order valence-corrected chi connectivity index (χ3v) is 4.68. The van der Waals surface area contributed by atoms with E-state index in [0.717, 1.165) is 16.8 Å². The molecule has 0 unspecified atom stereocenters. The Labute approximate surface area is 137 Å². The number of hydrogen-bond donors (Lipinski definition) is 1. The molecule has 1 N–H and O–H groups in total. The lowest BCUT2D eigenvalue weighted by Crippen LogP contribution is -2.24. The molecule has 0 atom stereocenters. The summed E-state index contributed by atoms with van der Waals surface area (Å²) in [5.41, 5.74) is 4.16. The van der Waals surface area contributed by atoms with Crippen LogP contribution in [0.15, 0.2) is 52.6 Å². The van der Waals surface area contributed by atoms with Crippen molar-refractivity contribution < 1.29 is 9.59 Å². The molecule has 4 heteroatoms. The van der Waals surface area contributed by atoms with Crippen molar-refractivity contribution in [3.8, 4) is 0 Å². The number of aryl methyl sites for hydroxylation is 1. The van der Waals surface area contributed by atoms with Crippen LogP contribution in [0.4, 0.5) is 5.69 Å². The minimum absolute atomic E-state index is 0.178. The predicted molar refractivity (Wildman–Crippen MR) is 90.6 cm³/mol. The van der Waals surface area contributed by atoms with Crippen molar-refractivity contribution in [2.24, 2.45) is 0 Å². The molecule has 0 fully saturated rings. The Bertz CT molecular complexity index is 837. The maximum atomic E-state index is 12.7. The smallest absolute Gasteiger partial charge is 0.211 e. The fraction of sp³-hybridized carbons (Fsp3) is 0.111. The standard InChI is InChI=1S/C18H14BrNO2/c1-10-6-5-9-14(11(10)2)20-16-15(19)17(21)12-7-3-4-8-13(12)18(16)22/h3-9,20H,1-2H3. The molecule has 3 nitrogen and oxygen atoms in total. The van der Waals surface area contributed by atoms with E-state index >= 15 is 0 Å². The molecule has 0 bridgehead atoms. The molecule has 0 radical (unpaired) electrons. The van der Waals surface area contributed by atoms with Gasteiger partial charge in [-0.05, 0) is 47.0 Å². The van der Waals surface area contributed by atoms with Crippen molar-refractivity contribution in [3.63, 3.8) is 0 Å². The summed E-state index contributed by atoms with van der Waals surface area (Å²) < 4.78 is 0.275. The number of benzene rings is 2. The predicted octanol–water partition coefficient (Wildman–Crippen LogP) is 4.40. The van der Waals surface area contributed by atoms with E-state index in [1.54, 1.807) is 24.3 Å². The molecular formula is C18H14BrNO2. The summed E-state index contributed by atoms with van der Waals surface area (Å²) in [6.07, 6.45) is 0. The van der Waals surface area contributed by atoms with Crippen LogP contribution in [0.3, 0.4) is 0 Å². The Kier molecular flexibility index (Phi) is 3.71. The van der Waals surface area contributed by atoms with Crippen LogP contribution in [-0.2, 0) is 0 Å². The molecule has 1 aliphatic carbocycles. The Hall–Kier alpha value is -2.20. The van der Waals surface area contributed by atoms with Gasteiger partial charge in [-0.1, -0.05) is 36.4 Å². The molecule has 0 amide bonds. The number of hydrogen-bond acceptors (Lipinski definition) is 3. The van der Waals surface area contributed by atoms with Crippen molar-refractivity contribution in [3.05, 3.63) is 74.9 Å². The molecule has 110 valence electrons. The average molecular weight is 356 g/mol. The average Bonchev–Trinajstić information content (AvgIpc) is 2.53. The van der Waals surface area contributed by atoms with Gasteiger partial charge in [-0.25, -0.2) is 0 Å². The highest BCUT2D eigenvalue weighted by Crippen LogP contribution is 2.31. The largest absolute Gasteiger partial charge is 0.351 e. The van der Waals surface area contributed by atoms with Crippen molar-refractivity contribution in [2.75, 3.05) is 5.32 Å². The van der Waals surface area contributed by atoms with Crippen molar-refractivity contribution in [2.45, 2.75) is 13.8 Å². The molecule has 2 aromatic rings. The van der Waals surface area contributed by atoms with Crippen LogP contribution in [0.1, 0.15) is 31.8 Å². The summed E-state index contributed by atoms with van der Waals surface area (Å²) in [5, 5.41) is 3.12. The lowest BCUT2D eigenvalue weighted by molar-refractivity contribution is 0.0983. The van der Waals surface area contributed by atoms with Gasteiger partial charge in [0.2, 0.25) is 11.6 Å². The first-order valence-electron chi connectivity index (χ1n) is 6.92. The number of anilines is 1. The second-order valence-corrected chi connectivity index (χ2v) is 6.06. The highest BCUT2D eigenvalue weighted by atomic mass is 79.9. The van der Waals surface area contributed by atoms with Crippen LogP contribution in [0.2, 0.25) is 0 Å². The first-order valence-corrected chi connectivity index (χ1v) is 7.71. The summed E-state index contributed by atoms with van der Waals surface area (Å²) in [6, 6.07) is 12.7. The Morgan fingerprint density at radius 1 is 0.864 bits per heavy atom. The lowest BCUT2D eigenvalue weighted by atomic mass is 9.92. The monoisotopic (exact) mass is 355 g/mol. The Balaban J connectivity index is 2.08. The van der Waals surface area contributed by atoms with Gasteiger partial charge in [0.1, 0.15) is 5.70 Å². The zero-order chi connectivity index (χ0) is 15.9. The molecule has 0 aliphatic heterocycles. The van der Waals surface area contributed by atoms with Crippen molar-refractivity contribution in [1.29, 1.82) is 0 Å². The first kappa shape index (κ1) is 14.7. The van der Waals surface area contributed by atoms with Gasteiger partial charge >= 0.3 is 0 Å². The summed E-state index contributed by atoms with van der Waals surface area (Å²) in [5.74, 6) is -0.356. The summed E-state index contributed by atoms with van der Waals surface area (Å²) in [6.45, 7) is 3.99. The minimum Gasteiger partial charge on any atom is -0.351 e. The van der Waals surface area contributed by atoms with Gasteiger partial charge in [-0.15, -0.1) is 0 Å². The lowest BCUT2D eigenvalue weighted by Gasteiger charge is -2.20. The topological polar surface area (TPSA) is 46.2 Å². The second-order valence-electron chi connectivity index (χ2n) is 5.27. The number of carbonyl (C=O) groups excluding carboxylic acids is 2. The highest BCUT2D eigenvalue weighted by molar-refractivity contribution is 9.12. The fourth-order valence-corrected chi connectivity index (χ4v) is 2.97. The third kappa shape index (κ3) is 2.29. The van der Waals surface area contributed by atoms with Gasteiger partial charge in [0.05, 0.1) is 4.48 Å². The van der Waals surface area contributed by atoms with Gasteiger partial charge in [-0.3, -0.25) is 9.59 Å². The van der Waals surface area contributed by atoms with E-state index in [1.165, 1.54) is 0 Å². The summed E-state index contributed by atoms with van der Waals surface area (Å²) >= 11 is 3.28. The van der Waals surface area contributed by atoms with E-state index in [0.29, 0.717) is 11.1 Å². The quantitative estimate of drug-likeness (QED) is 0.868. The number of nitrogens with one attached hydrogen (secondary N) is 1. The Morgan fingerprint density at radius 2 is 1.50 bits per heavy atom. The maximum absolute atomic E-state index is 12.7. The van der Waals surface area contributed by atoms with Crippen LogP contribution in [-0.4, -0.2) is 11.6 Å². The number of Topliss-reactive ketones (excluding diaryl/α,β-unsaturated/α-hetero) is 2. The molecule has 3 rings (SSSR count). The van der Waals surface area contributed by atoms with E-state index < -0.39 is 0 Å². The molecular weight excluding hydrogens is 342 g/mol. The second kappa shape index (κ2) is 5.54. The highest BCUT2D eigenvalue weighted by Gasteiger charge is 2.31. The van der Waals surface area contributed by atoms with Gasteiger partial charge in [0, 0.05) is 16.8 Å². The SMILES string of the molecule is Cc1cccc(NC2=C(Br)C(=O)c3ccccc3C2=O)c1C. The molecule has 0 saturated heterocycles. The molecule has 0 spiro atoms. The van der Waals surface area contributed by atoms with E-state index in [9.17, 15) is 9.59 Å². The molecule has 22 heavy (non-hydrogen) atoms. The van der Waals surface area contributed by atoms with Crippen LogP contribution in [0.25, 0.3) is 0 Å². The first-order chi connectivity index (χ1) is 10.5. The molecule has 0 aromatic heterocycles. The van der Waals surface area contributed by atoms with E-state index in [2.05, 4.69) is 21.2 Å². The van der Waals surface area contributed by atoms with Crippen LogP contribution >= 0.6 is 15.9 Å². The molecule has 0 heterocycles. The number of rotatable bonds is 2. The zero-order valence-electron chi connectivity index (χ0n) is 12.2. The van der Waals surface area contributed by atoms with Crippen LogP contribution in [0, 0.1) is 13.8 Å². The summed E-state index contributed by atoms with van der Waals surface area (Å²) in [4.78, 5) is 25.1. The number of fused-ring (bicyclic) bond motifs is 1. The normalized spacial score (nSPS) is 14.1.